The standard InChI is InChI=1S/C32H27FN4O9/c1-14-22(26(42)24-27(43-2)17-8-9-45-28(17)30(44-3)29(24)46-14)19-10-18(15-4-6-16(33)7-5-15)23-31(35-13-36-32(23)37-19)34-11-20(39)25(41)21(40)12-38/h4-11,13,20-21,25,38-41H,12H2,1-3H3/t20-,21-,25+/m0/s1. The minimum absolute atomic E-state index is 0.0177. The number of halogens is 1. The van der Waals surface area contributed by atoms with Crippen LogP contribution in [0.2, 0.25) is 0 Å². The number of pyridine rings is 1. The van der Waals surface area contributed by atoms with Gasteiger partial charge in [-0.15, -0.1) is 0 Å². The van der Waals surface area contributed by atoms with Crippen molar-refractivity contribution in [2.75, 3.05) is 20.8 Å². The SMILES string of the molecule is COc1c2occc2c(OC)c2c(=O)c(-c3cc(-c4ccc(F)cc4)c4c(N=C[C@H](O)[C@@H](O)[C@@H](O)CO)ncnc4n3)c(C)oc12. The van der Waals surface area contributed by atoms with E-state index in [1.807, 2.05) is 0 Å². The molecule has 2 aromatic carbocycles. The van der Waals surface area contributed by atoms with Gasteiger partial charge in [0.25, 0.3) is 0 Å². The van der Waals surface area contributed by atoms with Crippen molar-refractivity contribution in [2.24, 2.45) is 4.99 Å². The minimum Gasteiger partial charge on any atom is -0.495 e. The first-order chi connectivity index (χ1) is 22.2. The second-order valence-electron chi connectivity index (χ2n) is 10.3. The Balaban J connectivity index is 1.62. The Morgan fingerprint density at radius 2 is 1.76 bits per heavy atom. The van der Waals surface area contributed by atoms with E-state index in [-0.39, 0.29) is 56.3 Å². The minimum atomic E-state index is -1.72. The maximum absolute atomic E-state index is 14.3. The van der Waals surface area contributed by atoms with Crippen LogP contribution in [0.1, 0.15) is 5.76 Å². The summed E-state index contributed by atoms with van der Waals surface area (Å²) < 4.78 is 37.0. The van der Waals surface area contributed by atoms with Crippen molar-refractivity contribution in [1.29, 1.82) is 0 Å². The van der Waals surface area contributed by atoms with E-state index in [9.17, 15) is 24.5 Å². The molecular weight excluding hydrogens is 603 g/mol. The molecule has 0 fully saturated rings. The summed E-state index contributed by atoms with van der Waals surface area (Å²) in [7, 11) is 2.85. The fourth-order valence-corrected chi connectivity index (χ4v) is 5.31. The van der Waals surface area contributed by atoms with Gasteiger partial charge in [0.15, 0.2) is 22.6 Å². The number of aliphatic imine (C=N–C) groups is 1. The molecule has 0 aliphatic rings. The monoisotopic (exact) mass is 630 g/mol. The maximum Gasteiger partial charge on any atom is 0.206 e. The summed E-state index contributed by atoms with van der Waals surface area (Å²) in [4.78, 5) is 31.7. The predicted octanol–water partition coefficient (Wildman–Crippen LogP) is 3.45. The van der Waals surface area contributed by atoms with E-state index >= 15 is 0 Å². The summed E-state index contributed by atoms with van der Waals surface area (Å²) in [5.41, 5.74) is 1.27. The number of furan rings is 1. The molecule has 3 atom stereocenters. The molecule has 4 N–H and O–H groups in total. The van der Waals surface area contributed by atoms with Crippen LogP contribution in [0.3, 0.4) is 0 Å². The van der Waals surface area contributed by atoms with Crippen LogP contribution in [0.4, 0.5) is 10.2 Å². The lowest BCUT2D eigenvalue weighted by molar-refractivity contribution is -0.0541. The number of rotatable bonds is 9. The number of hydrogen-bond donors (Lipinski definition) is 4. The second-order valence-corrected chi connectivity index (χ2v) is 10.3. The molecule has 0 unspecified atom stereocenters. The van der Waals surface area contributed by atoms with Crippen LogP contribution >= 0.6 is 0 Å². The molecule has 236 valence electrons. The molecule has 0 bridgehead atoms. The molecule has 13 nitrogen and oxygen atoms in total. The molecule has 0 amide bonds. The van der Waals surface area contributed by atoms with Crippen molar-refractivity contribution in [3.8, 4) is 33.9 Å². The van der Waals surface area contributed by atoms with Gasteiger partial charge < -0.3 is 38.7 Å². The number of ether oxygens (including phenoxy) is 2. The zero-order valence-corrected chi connectivity index (χ0v) is 24.6. The van der Waals surface area contributed by atoms with E-state index in [0.717, 1.165) is 6.21 Å². The summed E-state index contributed by atoms with van der Waals surface area (Å²) in [6, 6.07) is 8.79. The van der Waals surface area contributed by atoms with Crippen molar-refractivity contribution in [1.82, 2.24) is 15.0 Å². The number of aliphatic hydroxyl groups excluding tert-OH is 4. The quantitative estimate of drug-likeness (QED) is 0.170. The summed E-state index contributed by atoms with van der Waals surface area (Å²) >= 11 is 0. The molecular formula is C32H27FN4O9. The molecule has 0 aliphatic carbocycles. The van der Waals surface area contributed by atoms with E-state index in [0.29, 0.717) is 22.1 Å². The summed E-state index contributed by atoms with van der Waals surface area (Å²) in [6.45, 7) is 0.818. The molecule has 0 radical (unpaired) electrons. The van der Waals surface area contributed by atoms with E-state index < -0.39 is 36.2 Å². The highest BCUT2D eigenvalue weighted by atomic mass is 19.1. The van der Waals surface area contributed by atoms with Crippen molar-refractivity contribution in [2.45, 2.75) is 25.2 Å². The Bertz CT molecular complexity index is 2180. The third kappa shape index (κ3) is 5.12. The van der Waals surface area contributed by atoms with Crippen LogP contribution in [-0.4, -0.2) is 80.7 Å². The molecule has 0 spiro atoms. The normalized spacial score (nSPS) is 13.9. The van der Waals surface area contributed by atoms with Gasteiger partial charge in [-0.05, 0) is 42.3 Å². The van der Waals surface area contributed by atoms with Gasteiger partial charge in [0, 0.05) is 6.21 Å². The topological polar surface area (TPSA) is 194 Å². The number of aromatic nitrogens is 3. The van der Waals surface area contributed by atoms with Crippen LogP contribution in [-0.2, 0) is 0 Å². The van der Waals surface area contributed by atoms with Crippen molar-refractivity contribution < 1.29 is 43.1 Å². The number of aryl methyl sites for hydroxylation is 1. The van der Waals surface area contributed by atoms with E-state index in [2.05, 4.69) is 19.9 Å². The molecule has 14 heteroatoms. The Morgan fingerprint density at radius 1 is 1.02 bits per heavy atom. The largest absolute Gasteiger partial charge is 0.495 e. The third-order valence-electron chi connectivity index (χ3n) is 7.52. The Morgan fingerprint density at radius 3 is 2.46 bits per heavy atom. The smallest absolute Gasteiger partial charge is 0.206 e. The first-order valence-corrected chi connectivity index (χ1v) is 13.9. The van der Waals surface area contributed by atoms with Crippen LogP contribution in [0.25, 0.3) is 55.4 Å². The first kappa shape index (κ1) is 30.7. The predicted molar refractivity (Wildman–Crippen MR) is 165 cm³/mol. The fourth-order valence-electron chi connectivity index (χ4n) is 5.31. The molecule has 4 heterocycles. The molecule has 0 aliphatic heterocycles. The molecule has 6 rings (SSSR count). The Labute approximate surface area is 258 Å². The molecule has 6 aromatic rings. The average Bonchev–Trinajstić information content (AvgIpc) is 3.55. The highest BCUT2D eigenvalue weighted by molar-refractivity contribution is 6.08. The fraction of sp³-hybridized carbons (Fsp3) is 0.219. The first-order valence-electron chi connectivity index (χ1n) is 13.9. The highest BCUT2D eigenvalue weighted by Crippen LogP contribution is 2.44. The van der Waals surface area contributed by atoms with E-state index in [1.165, 1.54) is 51.1 Å². The van der Waals surface area contributed by atoms with Crippen LogP contribution in [0.5, 0.6) is 11.5 Å². The van der Waals surface area contributed by atoms with Crippen molar-refractivity contribution in [3.63, 3.8) is 0 Å². The lowest BCUT2D eigenvalue weighted by atomic mass is 9.98. The lowest BCUT2D eigenvalue weighted by Crippen LogP contribution is -2.40. The van der Waals surface area contributed by atoms with Crippen LogP contribution < -0.4 is 14.9 Å². The van der Waals surface area contributed by atoms with Gasteiger partial charge in [-0.3, -0.25) is 4.79 Å². The van der Waals surface area contributed by atoms with E-state index in [4.69, 9.17) is 23.4 Å². The van der Waals surface area contributed by atoms with Gasteiger partial charge in [0.1, 0.15) is 47.4 Å². The molecule has 0 saturated carbocycles. The van der Waals surface area contributed by atoms with Gasteiger partial charge in [-0.25, -0.2) is 24.3 Å². The van der Waals surface area contributed by atoms with Gasteiger partial charge >= 0.3 is 0 Å². The Hall–Kier alpha value is -5.28. The van der Waals surface area contributed by atoms with Gasteiger partial charge in [-0.2, -0.15) is 0 Å². The highest BCUT2D eigenvalue weighted by Gasteiger charge is 2.27. The zero-order chi connectivity index (χ0) is 32.7. The lowest BCUT2D eigenvalue weighted by Gasteiger charge is -2.18. The number of hydrogen-bond acceptors (Lipinski definition) is 13. The van der Waals surface area contributed by atoms with Crippen LogP contribution in [0.15, 0.2) is 67.6 Å². The summed E-state index contributed by atoms with van der Waals surface area (Å²) in [6.07, 6.45) is -1.43. The van der Waals surface area contributed by atoms with E-state index in [1.54, 1.807) is 19.1 Å². The maximum atomic E-state index is 14.3. The molecule has 4 aromatic heterocycles. The number of nitrogens with zero attached hydrogens (tertiary/aromatic N) is 4. The third-order valence-corrected chi connectivity index (χ3v) is 7.52. The summed E-state index contributed by atoms with van der Waals surface area (Å²) in [5.74, 6) is 0.181. The average molecular weight is 631 g/mol. The van der Waals surface area contributed by atoms with Crippen LogP contribution in [0, 0.1) is 12.7 Å². The van der Waals surface area contributed by atoms with Crippen molar-refractivity contribution >= 4 is 45.0 Å². The van der Waals surface area contributed by atoms with Crippen molar-refractivity contribution in [3.05, 3.63) is 70.8 Å². The number of benzene rings is 2. The summed E-state index contributed by atoms with van der Waals surface area (Å²) in [5, 5.41) is 40.0. The zero-order valence-electron chi connectivity index (χ0n) is 24.6. The number of methoxy groups -OCH3 is 2. The number of fused-ring (bicyclic) bond motifs is 3. The van der Waals surface area contributed by atoms with Gasteiger partial charge in [0.2, 0.25) is 11.2 Å². The van der Waals surface area contributed by atoms with Gasteiger partial charge in [0.05, 0.1) is 49.1 Å². The molecule has 0 saturated heterocycles. The second kappa shape index (κ2) is 12.3. The molecule has 46 heavy (non-hydrogen) atoms. The van der Waals surface area contributed by atoms with Gasteiger partial charge in [-0.1, -0.05) is 12.1 Å². The Kier molecular flexibility index (Phi) is 8.19. The number of aliphatic hydroxyl groups is 4.